The van der Waals surface area contributed by atoms with Crippen LogP contribution < -0.4 is 15.4 Å². The number of carbonyl (C=O) groups is 1. The second-order valence-electron chi connectivity index (χ2n) is 4.84. The third kappa shape index (κ3) is 3.47. The van der Waals surface area contributed by atoms with Gasteiger partial charge in [-0.2, -0.15) is 0 Å². The Balaban J connectivity index is 1.55. The third-order valence-electron chi connectivity index (χ3n) is 3.28. The van der Waals surface area contributed by atoms with E-state index in [1.165, 1.54) is 5.56 Å². The molecule has 1 aliphatic heterocycles. The average molecular weight is 303 g/mol. The maximum absolute atomic E-state index is 11.9. The van der Waals surface area contributed by atoms with Gasteiger partial charge in [0.1, 0.15) is 5.75 Å². The van der Waals surface area contributed by atoms with E-state index in [0.29, 0.717) is 10.8 Å². The van der Waals surface area contributed by atoms with Crippen molar-refractivity contribution in [3.63, 3.8) is 0 Å². The molecule has 5 heteroatoms. The van der Waals surface area contributed by atoms with Gasteiger partial charge in [0.05, 0.1) is 0 Å². The monoisotopic (exact) mass is 302 g/mol. The number of fused-ring (bicyclic) bond motifs is 1. The first kappa shape index (κ1) is 13.8. The first-order valence-electron chi connectivity index (χ1n) is 6.76. The van der Waals surface area contributed by atoms with E-state index in [4.69, 9.17) is 16.3 Å². The van der Waals surface area contributed by atoms with Crippen molar-refractivity contribution in [3.8, 4) is 5.75 Å². The van der Waals surface area contributed by atoms with Crippen LogP contribution in [0.25, 0.3) is 0 Å². The van der Waals surface area contributed by atoms with Crippen LogP contribution in [0.1, 0.15) is 5.56 Å². The lowest BCUT2D eigenvalue weighted by Gasteiger charge is -2.09. The van der Waals surface area contributed by atoms with Gasteiger partial charge in [-0.15, -0.1) is 0 Å². The Morgan fingerprint density at radius 3 is 2.86 bits per heavy atom. The van der Waals surface area contributed by atoms with Crippen LogP contribution in [0, 0.1) is 0 Å². The summed E-state index contributed by atoms with van der Waals surface area (Å²) >= 11 is 5.79. The quantitative estimate of drug-likeness (QED) is 0.911. The molecule has 1 amide bonds. The highest BCUT2D eigenvalue weighted by Gasteiger charge is 2.11. The van der Waals surface area contributed by atoms with Crippen LogP contribution >= 0.6 is 11.6 Å². The molecule has 0 saturated heterocycles. The van der Waals surface area contributed by atoms with E-state index in [1.54, 1.807) is 24.3 Å². The van der Waals surface area contributed by atoms with Gasteiger partial charge < -0.3 is 15.4 Å². The Morgan fingerprint density at radius 1 is 1.24 bits per heavy atom. The molecule has 0 radical (unpaired) electrons. The van der Waals surface area contributed by atoms with E-state index in [2.05, 4.69) is 10.6 Å². The molecule has 4 nitrogen and oxygen atoms in total. The van der Waals surface area contributed by atoms with Gasteiger partial charge in [-0.1, -0.05) is 11.6 Å². The SMILES string of the molecule is O=C(COc1ccc(Cl)cc1)Nc1ccc2c(c1)CCN2. The summed E-state index contributed by atoms with van der Waals surface area (Å²) in [6.45, 7) is 0.920. The Hall–Kier alpha value is -2.20. The molecule has 0 atom stereocenters. The molecular formula is C16H15ClN2O2. The van der Waals surface area contributed by atoms with Gasteiger partial charge >= 0.3 is 0 Å². The fraction of sp³-hybridized carbons (Fsp3) is 0.188. The second kappa shape index (κ2) is 6.06. The normalized spacial score (nSPS) is 12.4. The van der Waals surface area contributed by atoms with E-state index in [9.17, 15) is 4.79 Å². The molecule has 3 rings (SSSR count). The Labute approximate surface area is 128 Å². The van der Waals surface area contributed by atoms with Crippen molar-refractivity contribution in [1.29, 1.82) is 0 Å². The Kier molecular flexibility index (Phi) is 3.97. The summed E-state index contributed by atoms with van der Waals surface area (Å²) in [7, 11) is 0. The van der Waals surface area contributed by atoms with Gasteiger partial charge in [0.2, 0.25) is 0 Å². The molecule has 21 heavy (non-hydrogen) atoms. The molecule has 2 aromatic rings. The number of hydrogen-bond acceptors (Lipinski definition) is 3. The maximum Gasteiger partial charge on any atom is 0.262 e. The van der Waals surface area contributed by atoms with Crippen molar-refractivity contribution >= 4 is 28.9 Å². The lowest BCUT2D eigenvalue weighted by Crippen LogP contribution is -2.20. The molecule has 1 heterocycles. The fourth-order valence-electron chi connectivity index (χ4n) is 2.26. The summed E-state index contributed by atoms with van der Waals surface area (Å²) in [5.41, 5.74) is 3.17. The van der Waals surface area contributed by atoms with E-state index < -0.39 is 0 Å². The number of hydrogen-bond donors (Lipinski definition) is 2. The molecule has 0 aromatic heterocycles. The van der Waals surface area contributed by atoms with Gasteiger partial charge in [-0.3, -0.25) is 4.79 Å². The number of nitrogens with one attached hydrogen (secondary N) is 2. The van der Waals surface area contributed by atoms with Crippen molar-refractivity contribution in [2.24, 2.45) is 0 Å². The maximum atomic E-state index is 11.9. The zero-order valence-electron chi connectivity index (χ0n) is 11.4. The number of benzene rings is 2. The Bertz CT molecular complexity index is 656. The number of ether oxygens (including phenoxy) is 1. The molecule has 0 unspecified atom stereocenters. The third-order valence-corrected chi connectivity index (χ3v) is 3.53. The van der Waals surface area contributed by atoms with Crippen LogP contribution in [0.15, 0.2) is 42.5 Å². The largest absolute Gasteiger partial charge is 0.484 e. The average Bonchev–Trinajstić information content (AvgIpc) is 2.94. The summed E-state index contributed by atoms with van der Waals surface area (Å²) in [5.74, 6) is 0.434. The molecule has 2 N–H and O–H groups in total. The minimum absolute atomic E-state index is 0.0308. The number of rotatable bonds is 4. The zero-order chi connectivity index (χ0) is 14.7. The molecule has 1 aliphatic rings. The van der Waals surface area contributed by atoms with Gasteiger partial charge in [0, 0.05) is 22.9 Å². The van der Waals surface area contributed by atoms with Crippen molar-refractivity contribution in [1.82, 2.24) is 0 Å². The van der Waals surface area contributed by atoms with Crippen LogP contribution in [0.5, 0.6) is 5.75 Å². The van der Waals surface area contributed by atoms with Crippen LogP contribution in [0.4, 0.5) is 11.4 Å². The molecule has 108 valence electrons. The minimum atomic E-state index is -0.184. The van der Waals surface area contributed by atoms with E-state index in [1.807, 2.05) is 18.2 Å². The first-order valence-corrected chi connectivity index (χ1v) is 7.13. The smallest absolute Gasteiger partial charge is 0.262 e. The standard InChI is InChI=1S/C16H15ClN2O2/c17-12-1-4-14(5-2-12)21-10-16(20)19-13-3-6-15-11(9-13)7-8-18-15/h1-6,9,18H,7-8,10H2,(H,19,20). The van der Waals surface area contributed by atoms with E-state index in [0.717, 1.165) is 24.3 Å². The minimum Gasteiger partial charge on any atom is -0.484 e. The van der Waals surface area contributed by atoms with Gasteiger partial charge in [-0.25, -0.2) is 0 Å². The number of amides is 1. The second-order valence-corrected chi connectivity index (χ2v) is 5.28. The molecular weight excluding hydrogens is 288 g/mol. The highest BCUT2D eigenvalue weighted by Crippen LogP contribution is 2.25. The molecule has 0 aliphatic carbocycles. The molecule has 0 spiro atoms. The van der Waals surface area contributed by atoms with Crippen LogP contribution in [-0.2, 0) is 11.2 Å². The highest BCUT2D eigenvalue weighted by molar-refractivity contribution is 6.30. The number of carbonyl (C=O) groups excluding carboxylic acids is 1. The predicted molar refractivity (Wildman–Crippen MR) is 84.2 cm³/mol. The lowest BCUT2D eigenvalue weighted by molar-refractivity contribution is -0.118. The fourth-order valence-corrected chi connectivity index (χ4v) is 2.39. The molecule has 0 fully saturated rings. The van der Waals surface area contributed by atoms with Gasteiger partial charge in [0.15, 0.2) is 6.61 Å². The number of anilines is 2. The van der Waals surface area contributed by atoms with Crippen molar-refractivity contribution < 1.29 is 9.53 Å². The van der Waals surface area contributed by atoms with Crippen molar-refractivity contribution in [3.05, 3.63) is 53.1 Å². The van der Waals surface area contributed by atoms with Crippen LogP contribution in [-0.4, -0.2) is 19.1 Å². The van der Waals surface area contributed by atoms with Crippen LogP contribution in [0.3, 0.4) is 0 Å². The molecule has 0 bridgehead atoms. The number of halogens is 1. The molecule has 0 saturated carbocycles. The van der Waals surface area contributed by atoms with Crippen LogP contribution in [0.2, 0.25) is 5.02 Å². The first-order chi connectivity index (χ1) is 10.2. The van der Waals surface area contributed by atoms with Gasteiger partial charge in [-0.05, 0) is 54.4 Å². The van der Waals surface area contributed by atoms with E-state index >= 15 is 0 Å². The van der Waals surface area contributed by atoms with E-state index in [-0.39, 0.29) is 12.5 Å². The molecule has 2 aromatic carbocycles. The summed E-state index contributed by atoms with van der Waals surface area (Å²) in [5, 5.41) is 6.76. The zero-order valence-corrected chi connectivity index (χ0v) is 12.1. The lowest BCUT2D eigenvalue weighted by atomic mass is 10.1. The summed E-state index contributed by atoms with van der Waals surface area (Å²) < 4.78 is 5.40. The van der Waals surface area contributed by atoms with Crippen molar-refractivity contribution in [2.45, 2.75) is 6.42 Å². The summed E-state index contributed by atoms with van der Waals surface area (Å²) in [6, 6.07) is 12.8. The predicted octanol–water partition coefficient (Wildman–Crippen LogP) is 3.33. The summed E-state index contributed by atoms with van der Waals surface area (Å²) in [4.78, 5) is 11.9. The summed E-state index contributed by atoms with van der Waals surface area (Å²) in [6.07, 6.45) is 0.986. The topological polar surface area (TPSA) is 50.4 Å². The van der Waals surface area contributed by atoms with Crippen molar-refractivity contribution in [2.75, 3.05) is 23.8 Å². The Morgan fingerprint density at radius 2 is 2.05 bits per heavy atom. The van der Waals surface area contributed by atoms with Gasteiger partial charge in [0.25, 0.3) is 5.91 Å². The highest BCUT2D eigenvalue weighted by atomic mass is 35.5.